The summed E-state index contributed by atoms with van der Waals surface area (Å²) in [6.45, 7) is 1.63. The minimum atomic E-state index is -3.93. The highest BCUT2D eigenvalue weighted by Gasteiger charge is 2.34. The van der Waals surface area contributed by atoms with Gasteiger partial charge in [0.05, 0.1) is 5.52 Å². The van der Waals surface area contributed by atoms with E-state index in [2.05, 4.69) is 15.1 Å². The first-order chi connectivity index (χ1) is 12.3. The maximum Gasteiger partial charge on any atom is 0.258 e. The SMILES string of the molecule is Cc1cc(F)c2[nH]c(S(=O)(=O)N3CC[C@@H](F)C3)cc2c1-c1ncn(C)n1. The fourth-order valence-electron chi connectivity index (χ4n) is 3.30. The molecule has 1 atom stereocenters. The standard InChI is InChI=1S/C16H17F2N5O2S/c1-9-5-12(18)15-11(14(9)16-19-8-22(2)21-16)6-13(20-15)26(24,25)23-4-3-10(17)7-23/h5-6,8,10,20H,3-4,7H2,1-2H3/t10-/m1/s1. The van der Waals surface area contributed by atoms with Crippen LogP contribution in [0.2, 0.25) is 0 Å². The van der Waals surface area contributed by atoms with Gasteiger partial charge in [-0.05, 0) is 31.0 Å². The molecule has 4 rings (SSSR count). The van der Waals surface area contributed by atoms with E-state index in [0.717, 1.165) is 4.31 Å². The molecule has 0 aliphatic carbocycles. The summed E-state index contributed by atoms with van der Waals surface area (Å²) in [5.74, 6) is -0.189. The van der Waals surface area contributed by atoms with Gasteiger partial charge in [-0.3, -0.25) is 4.68 Å². The van der Waals surface area contributed by atoms with E-state index < -0.39 is 22.0 Å². The van der Waals surface area contributed by atoms with E-state index >= 15 is 0 Å². The molecule has 1 N–H and O–H groups in total. The van der Waals surface area contributed by atoms with E-state index in [1.807, 2.05) is 0 Å². The van der Waals surface area contributed by atoms with Crippen molar-refractivity contribution in [2.45, 2.75) is 24.5 Å². The monoisotopic (exact) mass is 381 g/mol. The molecule has 0 spiro atoms. The Bertz CT molecular complexity index is 1110. The van der Waals surface area contributed by atoms with Crippen molar-refractivity contribution in [2.24, 2.45) is 7.05 Å². The summed E-state index contributed by atoms with van der Waals surface area (Å²) in [5, 5.41) is 4.45. The smallest absolute Gasteiger partial charge is 0.258 e. The van der Waals surface area contributed by atoms with Crippen LogP contribution in [0.3, 0.4) is 0 Å². The third-order valence-corrected chi connectivity index (χ3v) is 6.36. The number of nitrogens with zero attached hydrogens (tertiary/aromatic N) is 4. The Kier molecular flexibility index (Phi) is 3.85. The van der Waals surface area contributed by atoms with Crippen LogP contribution in [0.1, 0.15) is 12.0 Å². The number of halogens is 2. The average molecular weight is 381 g/mol. The number of fused-ring (bicyclic) bond motifs is 1. The first-order valence-corrected chi connectivity index (χ1v) is 9.53. The molecule has 138 valence electrons. The molecule has 3 heterocycles. The highest BCUT2D eigenvalue weighted by molar-refractivity contribution is 7.89. The van der Waals surface area contributed by atoms with Gasteiger partial charge in [0.1, 0.15) is 23.3 Å². The van der Waals surface area contributed by atoms with Crippen LogP contribution in [-0.2, 0) is 17.1 Å². The van der Waals surface area contributed by atoms with Gasteiger partial charge in [-0.25, -0.2) is 22.2 Å². The van der Waals surface area contributed by atoms with Crippen molar-refractivity contribution >= 4 is 20.9 Å². The molecule has 1 saturated heterocycles. The number of H-pyrrole nitrogens is 1. The van der Waals surface area contributed by atoms with Crippen LogP contribution in [0.25, 0.3) is 22.3 Å². The van der Waals surface area contributed by atoms with Gasteiger partial charge in [0.2, 0.25) is 0 Å². The topological polar surface area (TPSA) is 83.9 Å². The summed E-state index contributed by atoms with van der Waals surface area (Å²) < 4.78 is 56.0. The Morgan fingerprint density at radius 1 is 1.35 bits per heavy atom. The predicted molar refractivity (Wildman–Crippen MR) is 91.3 cm³/mol. The first kappa shape index (κ1) is 17.1. The Labute approximate surface area is 148 Å². The zero-order valence-electron chi connectivity index (χ0n) is 14.2. The maximum absolute atomic E-state index is 14.4. The van der Waals surface area contributed by atoms with E-state index in [0.29, 0.717) is 22.3 Å². The quantitative estimate of drug-likeness (QED) is 0.753. The van der Waals surface area contributed by atoms with Crippen LogP contribution >= 0.6 is 0 Å². The lowest BCUT2D eigenvalue weighted by atomic mass is 10.0. The molecular formula is C16H17F2N5O2S. The number of nitrogens with one attached hydrogen (secondary N) is 1. The molecule has 1 fully saturated rings. The van der Waals surface area contributed by atoms with Gasteiger partial charge in [0.15, 0.2) is 5.82 Å². The molecule has 1 aromatic carbocycles. The van der Waals surface area contributed by atoms with Crippen LogP contribution in [0.15, 0.2) is 23.5 Å². The van der Waals surface area contributed by atoms with Crippen molar-refractivity contribution in [3.63, 3.8) is 0 Å². The fourth-order valence-corrected chi connectivity index (χ4v) is 4.78. The number of alkyl halides is 1. The van der Waals surface area contributed by atoms with Gasteiger partial charge in [-0.15, -0.1) is 0 Å². The lowest BCUT2D eigenvalue weighted by Crippen LogP contribution is -2.29. The molecule has 26 heavy (non-hydrogen) atoms. The maximum atomic E-state index is 14.4. The molecule has 2 aromatic heterocycles. The lowest BCUT2D eigenvalue weighted by Gasteiger charge is -2.13. The molecule has 0 amide bonds. The zero-order valence-corrected chi connectivity index (χ0v) is 15.0. The van der Waals surface area contributed by atoms with Gasteiger partial charge in [0.25, 0.3) is 10.0 Å². The number of aryl methyl sites for hydroxylation is 2. The van der Waals surface area contributed by atoms with E-state index in [1.54, 1.807) is 14.0 Å². The van der Waals surface area contributed by atoms with Crippen molar-refractivity contribution in [2.75, 3.05) is 13.1 Å². The molecular weight excluding hydrogens is 364 g/mol. The van der Waals surface area contributed by atoms with Crippen LogP contribution in [0, 0.1) is 12.7 Å². The molecule has 0 radical (unpaired) electrons. The summed E-state index contributed by atoms with van der Waals surface area (Å²) in [4.78, 5) is 6.84. The highest BCUT2D eigenvalue weighted by Crippen LogP contribution is 2.34. The molecule has 0 bridgehead atoms. The summed E-state index contributed by atoms with van der Waals surface area (Å²) in [6.07, 6.45) is 0.497. The van der Waals surface area contributed by atoms with E-state index in [9.17, 15) is 17.2 Å². The Hall–Kier alpha value is -2.33. The van der Waals surface area contributed by atoms with Crippen LogP contribution in [0.5, 0.6) is 0 Å². The van der Waals surface area contributed by atoms with Gasteiger partial charge in [-0.2, -0.15) is 9.40 Å². The lowest BCUT2D eigenvalue weighted by molar-refractivity contribution is 0.343. The fraction of sp³-hybridized carbons (Fsp3) is 0.375. The highest BCUT2D eigenvalue weighted by atomic mass is 32.2. The number of hydrogen-bond donors (Lipinski definition) is 1. The number of aromatic nitrogens is 4. The second-order valence-corrected chi connectivity index (χ2v) is 8.37. The Morgan fingerprint density at radius 2 is 2.12 bits per heavy atom. The molecule has 7 nitrogen and oxygen atoms in total. The minimum absolute atomic E-state index is 0.0626. The second-order valence-electron chi connectivity index (χ2n) is 6.46. The predicted octanol–water partition coefficient (Wildman–Crippen LogP) is 2.14. The first-order valence-electron chi connectivity index (χ1n) is 8.09. The van der Waals surface area contributed by atoms with Gasteiger partial charge in [-0.1, -0.05) is 0 Å². The average Bonchev–Trinajstić information content (AvgIpc) is 3.27. The summed E-state index contributed by atoms with van der Waals surface area (Å²) in [5.41, 5.74) is 1.21. The van der Waals surface area contributed by atoms with Crippen molar-refractivity contribution < 1.29 is 17.2 Å². The molecule has 10 heteroatoms. The Balaban J connectivity index is 1.91. The third-order valence-electron chi connectivity index (χ3n) is 4.57. The number of benzene rings is 1. The van der Waals surface area contributed by atoms with Crippen molar-refractivity contribution in [3.05, 3.63) is 29.8 Å². The summed E-state index contributed by atoms with van der Waals surface area (Å²) in [6, 6.07) is 2.69. The third kappa shape index (κ3) is 2.60. The van der Waals surface area contributed by atoms with Crippen molar-refractivity contribution in [1.29, 1.82) is 0 Å². The normalized spacial score (nSPS) is 18.8. The number of hydrogen-bond acceptors (Lipinski definition) is 4. The molecule has 3 aromatic rings. The molecule has 0 saturated carbocycles. The van der Waals surface area contributed by atoms with Crippen LogP contribution < -0.4 is 0 Å². The van der Waals surface area contributed by atoms with E-state index in [4.69, 9.17) is 0 Å². The van der Waals surface area contributed by atoms with E-state index in [-0.39, 0.29) is 30.1 Å². The van der Waals surface area contributed by atoms with Gasteiger partial charge in [0, 0.05) is 31.1 Å². The molecule has 0 unspecified atom stereocenters. The number of rotatable bonds is 3. The number of sulfonamides is 1. The van der Waals surface area contributed by atoms with E-state index in [1.165, 1.54) is 23.1 Å². The largest absolute Gasteiger partial charge is 0.342 e. The van der Waals surface area contributed by atoms with Gasteiger partial charge < -0.3 is 4.98 Å². The minimum Gasteiger partial charge on any atom is -0.342 e. The zero-order chi connectivity index (χ0) is 18.6. The second kappa shape index (κ2) is 5.85. The van der Waals surface area contributed by atoms with Crippen LogP contribution in [0.4, 0.5) is 8.78 Å². The summed E-state index contributed by atoms with van der Waals surface area (Å²) >= 11 is 0. The van der Waals surface area contributed by atoms with Gasteiger partial charge >= 0.3 is 0 Å². The molecule has 1 aliphatic heterocycles. The van der Waals surface area contributed by atoms with Crippen LogP contribution in [-0.4, -0.2) is 51.7 Å². The summed E-state index contributed by atoms with van der Waals surface area (Å²) in [7, 11) is -2.22. The van der Waals surface area contributed by atoms with Crippen molar-refractivity contribution in [1.82, 2.24) is 24.1 Å². The number of aromatic amines is 1. The molecule has 1 aliphatic rings. The Morgan fingerprint density at radius 3 is 2.73 bits per heavy atom. The van der Waals surface area contributed by atoms with Crippen molar-refractivity contribution in [3.8, 4) is 11.4 Å².